The second-order valence-corrected chi connectivity index (χ2v) is 6.59. The number of aliphatic hydroxyl groups is 1. The summed E-state index contributed by atoms with van der Waals surface area (Å²) < 4.78 is 10.9. The van der Waals surface area contributed by atoms with E-state index in [0.29, 0.717) is 35.7 Å². The Bertz CT molecular complexity index is 509. The van der Waals surface area contributed by atoms with E-state index in [4.69, 9.17) is 21.1 Å². The van der Waals surface area contributed by atoms with Crippen molar-refractivity contribution < 1.29 is 14.6 Å². The van der Waals surface area contributed by atoms with Crippen LogP contribution in [0.15, 0.2) is 12.1 Å². The molecule has 1 saturated carbocycles. The van der Waals surface area contributed by atoms with Gasteiger partial charge in [0.05, 0.1) is 18.7 Å². The van der Waals surface area contributed by atoms with Crippen molar-refractivity contribution in [2.45, 2.75) is 45.7 Å². The standard InChI is InChI=1S/C17H26ClNO3/c1-4-22-16-13(18)8-12(9-14(16)21-3)10-19-15-6-5-7-17(15,2)11-20/h8-9,15,19-20H,4-7,10-11H2,1-3H3. The lowest BCUT2D eigenvalue weighted by Crippen LogP contribution is -2.41. The van der Waals surface area contributed by atoms with Gasteiger partial charge in [0.2, 0.25) is 0 Å². The van der Waals surface area contributed by atoms with Gasteiger partial charge in [0, 0.05) is 24.6 Å². The minimum Gasteiger partial charge on any atom is -0.493 e. The van der Waals surface area contributed by atoms with Crippen molar-refractivity contribution in [2.75, 3.05) is 20.3 Å². The molecule has 1 fully saturated rings. The summed E-state index contributed by atoms with van der Waals surface area (Å²) in [6.45, 7) is 5.52. The lowest BCUT2D eigenvalue weighted by molar-refractivity contribution is 0.118. The van der Waals surface area contributed by atoms with Crippen molar-refractivity contribution in [1.29, 1.82) is 0 Å². The van der Waals surface area contributed by atoms with Crippen LogP contribution in [0.5, 0.6) is 11.5 Å². The number of ether oxygens (including phenoxy) is 2. The lowest BCUT2D eigenvalue weighted by Gasteiger charge is -2.30. The van der Waals surface area contributed by atoms with Gasteiger partial charge in [-0.05, 0) is 37.5 Å². The van der Waals surface area contributed by atoms with Gasteiger partial charge in [0.25, 0.3) is 0 Å². The van der Waals surface area contributed by atoms with E-state index >= 15 is 0 Å². The van der Waals surface area contributed by atoms with Gasteiger partial charge in [-0.3, -0.25) is 0 Å². The zero-order valence-corrected chi connectivity index (χ0v) is 14.4. The normalized spacial score (nSPS) is 24.5. The van der Waals surface area contributed by atoms with E-state index < -0.39 is 0 Å². The molecular weight excluding hydrogens is 302 g/mol. The maximum Gasteiger partial charge on any atom is 0.179 e. The molecule has 22 heavy (non-hydrogen) atoms. The van der Waals surface area contributed by atoms with Crippen LogP contribution in [0.2, 0.25) is 5.02 Å². The number of hydrogen-bond acceptors (Lipinski definition) is 4. The van der Waals surface area contributed by atoms with Crippen LogP contribution in [0.4, 0.5) is 0 Å². The molecule has 0 amide bonds. The highest BCUT2D eigenvalue weighted by molar-refractivity contribution is 6.32. The van der Waals surface area contributed by atoms with E-state index in [9.17, 15) is 5.11 Å². The van der Waals surface area contributed by atoms with Crippen LogP contribution in [0.3, 0.4) is 0 Å². The van der Waals surface area contributed by atoms with Crippen molar-refractivity contribution in [2.24, 2.45) is 5.41 Å². The topological polar surface area (TPSA) is 50.7 Å². The van der Waals surface area contributed by atoms with Gasteiger partial charge < -0.3 is 19.9 Å². The number of halogens is 1. The van der Waals surface area contributed by atoms with Gasteiger partial charge in [-0.25, -0.2) is 0 Å². The third-order valence-corrected chi connectivity index (χ3v) is 4.85. The summed E-state index contributed by atoms with van der Waals surface area (Å²) in [7, 11) is 1.62. The second-order valence-electron chi connectivity index (χ2n) is 6.18. The summed E-state index contributed by atoms with van der Waals surface area (Å²) in [6.07, 6.45) is 3.32. The van der Waals surface area contributed by atoms with Crippen LogP contribution in [-0.2, 0) is 6.54 Å². The number of hydrogen-bond donors (Lipinski definition) is 2. The van der Waals surface area contributed by atoms with Crippen LogP contribution in [0.1, 0.15) is 38.7 Å². The molecule has 1 aliphatic carbocycles. The Labute approximate surface area is 137 Å². The molecule has 4 nitrogen and oxygen atoms in total. The number of rotatable bonds is 7. The second kappa shape index (κ2) is 7.53. The average Bonchev–Trinajstić information content (AvgIpc) is 2.89. The zero-order valence-electron chi connectivity index (χ0n) is 13.6. The highest BCUT2D eigenvalue weighted by Crippen LogP contribution is 2.39. The largest absolute Gasteiger partial charge is 0.493 e. The van der Waals surface area contributed by atoms with Gasteiger partial charge in [-0.2, -0.15) is 0 Å². The molecule has 1 aromatic carbocycles. The van der Waals surface area contributed by atoms with Crippen molar-refractivity contribution in [3.05, 3.63) is 22.7 Å². The van der Waals surface area contributed by atoms with Crippen molar-refractivity contribution >= 4 is 11.6 Å². The van der Waals surface area contributed by atoms with E-state index in [-0.39, 0.29) is 12.0 Å². The number of benzene rings is 1. The maximum absolute atomic E-state index is 9.62. The zero-order chi connectivity index (χ0) is 16.2. The Morgan fingerprint density at radius 2 is 2.23 bits per heavy atom. The van der Waals surface area contributed by atoms with Crippen molar-refractivity contribution in [3.63, 3.8) is 0 Å². The van der Waals surface area contributed by atoms with E-state index in [2.05, 4.69) is 12.2 Å². The molecule has 0 aromatic heterocycles. The molecule has 0 aliphatic heterocycles. The Morgan fingerprint density at radius 3 is 2.86 bits per heavy atom. The minimum atomic E-state index is -0.0286. The Kier molecular flexibility index (Phi) is 5.95. The van der Waals surface area contributed by atoms with E-state index in [0.717, 1.165) is 24.8 Å². The van der Waals surface area contributed by atoms with Gasteiger partial charge >= 0.3 is 0 Å². The number of aliphatic hydroxyl groups excluding tert-OH is 1. The summed E-state index contributed by atoms with van der Waals surface area (Å²) >= 11 is 6.30. The summed E-state index contributed by atoms with van der Waals surface area (Å²) in [5.41, 5.74) is 1.02. The fourth-order valence-electron chi connectivity index (χ4n) is 3.17. The van der Waals surface area contributed by atoms with Crippen LogP contribution in [0, 0.1) is 5.41 Å². The molecule has 0 spiro atoms. The molecule has 0 radical (unpaired) electrons. The molecule has 5 heteroatoms. The molecule has 0 bridgehead atoms. The van der Waals surface area contributed by atoms with Crippen LogP contribution in [0.25, 0.3) is 0 Å². The average molecular weight is 328 g/mol. The first-order valence-corrected chi connectivity index (χ1v) is 8.25. The van der Waals surface area contributed by atoms with E-state index in [1.807, 2.05) is 19.1 Å². The van der Waals surface area contributed by atoms with Crippen LogP contribution >= 0.6 is 11.6 Å². The van der Waals surface area contributed by atoms with Gasteiger partial charge in [-0.15, -0.1) is 0 Å². The summed E-state index contributed by atoms with van der Waals surface area (Å²) in [5.74, 6) is 1.25. The van der Waals surface area contributed by atoms with E-state index in [1.165, 1.54) is 0 Å². The summed E-state index contributed by atoms with van der Waals surface area (Å²) in [5, 5.41) is 13.7. The first-order chi connectivity index (χ1) is 10.5. The first kappa shape index (κ1) is 17.4. The smallest absolute Gasteiger partial charge is 0.179 e. The Balaban J connectivity index is 2.09. The SMILES string of the molecule is CCOc1c(Cl)cc(CNC2CCCC2(C)CO)cc1OC. The van der Waals surface area contributed by atoms with Crippen molar-refractivity contribution in [1.82, 2.24) is 5.32 Å². The molecule has 0 saturated heterocycles. The lowest BCUT2D eigenvalue weighted by atomic mass is 9.86. The van der Waals surface area contributed by atoms with E-state index in [1.54, 1.807) is 7.11 Å². The highest BCUT2D eigenvalue weighted by atomic mass is 35.5. The number of methoxy groups -OCH3 is 1. The molecule has 1 aliphatic rings. The molecule has 2 unspecified atom stereocenters. The monoisotopic (exact) mass is 327 g/mol. The fourth-order valence-corrected chi connectivity index (χ4v) is 3.46. The summed E-state index contributed by atoms with van der Waals surface area (Å²) in [6, 6.07) is 4.19. The highest BCUT2D eigenvalue weighted by Gasteiger charge is 2.37. The number of nitrogens with one attached hydrogen (secondary N) is 1. The predicted molar refractivity (Wildman–Crippen MR) is 88.8 cm³/mol. The predicted octanol–water partition coefficient (Wildman–Crippen LogP) is 3.39. The fraction of sp³-hybridized carbons (Fsp3) is 0.647. The third kappa shape index (κ3) is 3.67. The van der Waals surface area contributed by atoms with Crippen LogP contribution in [-0.4, -0.2) is 31.5 Å². The minimum absolute atomic E-state index is 0.0286. The Hall–Kier alpha value is -0.970. The molecular formula is C17H26ClNO3. The van der Waals surface area contributed by atoms with Gasteiger partial charge in [-0.1, -0.05) is 24.9 Å². The first-order valence-electron chi connectivity index (χ1n) is 7.87. The molecule has 1 aromatic rings. The maximum atomic E-state index is 9.62. The molecule has 124 valence electrons. The summed E-state index contributed by atoms with van der Waals surface area (Å²) in [4.78, 5) is 0. The molecule has 0 heterocycles. The van der Waals surface area contributed by atoms with Gasteiger partial charge in [0.15, 0.2) is 11.5 Å². The Morgan fingerprint density at radius 1 is 1.45 bits per heavy atom. The molecule has 2 N–H and O–H groups in total. The third-order valence-electron chi connectivity index (χ3n) is 4.57. The molecule has 2 atom stereocenters. The van der Waals surface area contributed by atoms with Crippen LogP contribution < -0.4 is 14.8 Å². The quantitative estimate of drug-likeness (QED) is 0.806. The van der Waals surface area contributed by atoms with Crippen molar-refractivity contribution in [3.8, 4) is 11.5 Å². The van der Waals surface area contributed by atoms with Gasteiger partial charge in [0.1, 0.15) is 0 Å². The molecule has 2 rings (SSSR count).